The van der Waals surface area contributed by atoms with Gasteiger partial charge in [-0.2, -0.15) is 0 Å². The molecule has 398 valence electrons. The second-order valence-electron chi connectivity index (χ2n) is 21.7. The molecule has 0 saturated carbocycles. The highest BCUT2D eigenvalue weighted by Gasteiger charge is 2.45. The zero-order valence-corrected chi connectivity index (χ0v) is 45.7. The van der Waals surface area contributed by atoms with Gasteiger partial charge < -0.3 is 46.4 Å². The van der Waals surface area contributed by atoms with Crippen molar-refractivity contribution in [3.05, 3.63) is 70.7 Å². The molecule has 8 rings (SSSR count). The molecule has 5 amide bonds. The predicted molar refractivity (Wildman–Crippen MR) is 288 cm³/mol. The highest BCUT2D eigenvalue weighted by molar-refractivity contribution is 7.99. The lowest BCUT2D eigenvalue weighted by atomic mass is 9.80. The Morgan fingerprint density at radius 2 is 1.61 bits per heavy atom. The van der Waals surface area contributed by atoms with Crippen molar-refractivity contribution in [3.8, 4) is 10.4 Å². The van der Waals surface area contributed by atoms with Crippen LogP contribution < -0.4 is 26.6 Å². The van der Waals surface area contributed by atoms with Crippen molar-refractivity contribution in [2.75, 3.05) is 62.6 Å². The molecule has 1 aromatic carbocycles. The molecule has 7 heterocycles. The normalized spacial score (nSPS) is 20.5. The number of carbonyl (C=O) groups excluding carboxylic acids is 5. The molecule has 0 unspecified atom stereocenters. The van der Waals surface area contributed by atoms with Crippen LogP contribution in [0.25, 0.3) is 10.4 Å². The summed E-state index contributed by atoms with van der Waals surface area (Å²) < 4.78 is 0. The van der Waals surface area contributed by atoms with Crippen LogP contribution >= 0.6 is 34.7 Å². The summed E-state index contributed by atoms with van der Waals surface area (Å²) in [6, 6.07) is 6.90. The number of piperidine rings is 3. The second kappa shape index (κ2) is 23.6. The fraction of sp³-hybridized carbons (Fsp3) is 0.566. The summed E-state index contributed by atoms with van der Waals surface area (Å²) in [6.45, 7) is 15.4. The van der Waals surface area contributed by atoms with Gasteiger partial charge in [-0.15, -0.1) is 11.3 Å². The van der Waals surface area contributed by atoms with Gasteiger partial charge in [-0.25, -0.2) is 19.9 Å². The molecule has 74 heavy (non-hydrogen) atoms. The number of nitrogens with two attached hydrogens (primary N) is 1. The van der Waals surface area contributed by atoms with Gasteiger partial charge in [-0.05, 0) is 80.0 Å². The lowest BCUT2D eigenvalue weighted by molar-refractivity contribution is -0.144. The topological polar surface area (TPSA) is 232 Å². The smallest absolute Gasteiger partial charge is 0.246 e. The summed E-state index contributed by atoms with van der Waals surface area (Å²) in [5.41, 5.74) is 9.85. The fourth-order valence-electron chi connectivity index (χ4n) is 10.4. The molecule has 6 N–H and O–H groups in total. The Kier molecular flexibility index (Phi) is 17.5. The molecule has 4 fully saturated rings. The maximum absolute atomic E-state index is 14.3. The van der Waals surface area contributed by atoms with Crippen molar-refractivity contribution in [3.63, 3.8) is 0 Å². The van der Waals surface area contributed by atoms with Gasteiger partial charge in [0.1, 0.15) is 28.7 Å². The van der Waals surface area contributed by atoms with Crippen LogP contribution in [0.1, 0.15) is 103 Å². The number of aromatic nitrogens is 4. The van der Waals surface area contributed by atoms with Gasteiger partial charge in [0.2, 0.25) is 29.5 Å². The summed E-state index contributed by atoms with van der Waals surface area (Å²) in [5.74, 6) is -0.191. The average molecular weight is 1070 g/mol. The number of nitrogens with one attached hydrogen (secondary N) is 3. The number of thiazole rings is 1. The van der Waals surface area contributed by atoms with E-state index in [-0.39, 0.29) is 54.5 Å². The molecule has 0 spiro atoms. The number of hydrogen-bond acceptors (Lipinski definition) is 15. The third kappa shape index (κ3) is 13.2. The Morgan fingerprint density at radius 1 is 0.919 bits per heavy atom. The summed E-state index contributed by atoms with van der Waals surface area (Å²) in [5, 5.41) is 21.4. The van der Waals surface area contributed by atoms with E-state index >= 15 is 0 Å². The van der Waals surface area contributed by atoms with Crippen LogP contribution in [0.15, 0.2) is 64.4 Å². The van der Waals surface area contributed by atoms with E-state index in [1.54, 1.807) is 22.8 Å². The Balaban J connectivity index is 0.845. The number of hydrogen-bond donors (Lipinski definition) is 5. The molecule has 4 aliphatic heterocycles. The van der Waals surface area contributed by atoms with Crippen molar-refractivity contribution in [1.82, 2.24) is 45.3 Å². The molecule has 21 heteroatoms. The van der Waals surface area contributed by atoms with Crippen molar-refractivity contribution < 1.29 is 29.1 Å². The number of rotatable bonds is 15. The summed E-state index contributed by atoms with van der Waals surface area (Å²) in [4.78, 5) is 96.0. The SMILES string of the molecule is CC(=O)N[C@H](C(=O)N1C[C@H](O)C[C@H]1C(=O)N[C@@H](CC(=O)N1CCC(C(=O)N2CCC(Nc3nccc(Sc4cnc(N5CCC(C)(CN)CC5)cn4)c3Cl)CC2)CC1)c1ccc(-c2scnc2C)cc1)C(C)(C)C. The molecular weight excluding hydrogens is 1000 g/mol. The number of halogens is 1. The third-order valence-electron chi connectivity index (χ3n) is 15.2. The van der Waals surface area contributed by atoms with Crippen LogP contribution in [0, 0.1) is 23.7 Å². The first-order chi connectivity index (χ1) is 35.3. The number of likely N-dealkylation sites (tertiary alicyclic amines) is 3. The van der Waals surface area contributed by atoms with E-state index in [1.807, 2.05) is 69.1 Å². The quantitative estimate of drug-likeness (QED) is 0.0910. The number of aliphatic hydroxyl groups excluding tert-OH is 1. The molecule has 4 aliphatic rings. The lowest BCUT2D eigenvalue weighted by Crippen LogP contribution is -2.57. The number of β-amino-alcohol motifs (C(OH)–C–C–N with tert-alkyl or cyclic N) is 1. The van der Waals surface area contributed by atoms with Gasteiger partial charge in [0.05, 0.1) is 52.1 Å². The maximum Gasteiger partial charge on any atom is 0.246 e. The van der Waals surface area contributed by atoms with Crippen LogP contribution in [0.3, 0.4) is 0 Å². The van der Waals surface area contributed by atoms with Gasteiger partial charge >= 0.3 is 0 Å². The van der Waals surface area contributed by atoms with Crippen molar-refractivity contribution in [1.29, 1.82) is 0 Å². The first-order valence-corrected chi connectivity index (χ1v) is 27.9. The number of nitrogens with zero attached hydrogens (tertiary/aromatic N) is 8. The molecule has 0 radical (unpaired) electrons. The lowest BCUT2D eigenvalue weighted by Gasteiger charge is -2.39. The van der Waals surface area contributed by atoms with Crippen LogP contribution in [-0.4, -0.2) is 146 Å². The van der Waals surface area contributed by atoms with E-state index in [0.717, 1.165) is 70.6 Å². The first kappa shape index (κ1) is 54.8. The largest absolute Gasteiger partial charge is 0.391 e. The monoisotopic (exact) mass is 1070 g/mol. The van der Waals surface area contributed by atoms with Gasteiger partial charge in [0.15, 0.2) is 0 Å². The molecule has 0 bridgehead atoms. The number of aliphatic hydroxyl groups is 1. The second-order valence-corrected chi connectivity index (χ2v) is 24.0. The van der Waals surface area contributed by atoms with Crippen molar-refractivity contribution in [2.24, 2.45) is 22.5 Å². The van der Waals surface area contributed by atoms with Gasteiger partial charge in [0, 0.05) is 82.2 Å². The van der Waals surface area contributed by atoms with E-state index in [1.165, 1.54) is 34.9 Å². The standard InChI is InChI=1S/C53H71ClN12O6S2/c1-32-46(73-31-59-32)35-9-7-34(8-10-35)39(62-49(70)40-25-38(68)29-66(40)51(72)47(52(3,4)5)60-33(2)67)26-44(69)64-19-12-36(13-20-64)50(71)65-21-14-37(15-22-65)61-48-45(54)41(11-18-56-48)74-43-28-57-42(27-58-43)63-23-16-53(6,30-55)17-24-63/h7-11,18,27-28,31,36-40,47,68H,12-17,19-26,29-30,55H2,1-6H3,(H,56,61)(H,60,67)(H,62,70)/t38-,39+,40+,47-/m1/s1. The Morgan fingerprint density at radius 3 is 2.22 bits per heavy atom. The average Bonchev–Trinajstić information content (AvgIpc) is 4.01. The van der Waals surface area contributed by atoms with Crippen LogP contribution in [0.2, 0.25) is 5.02 Å². The highest BCUT2D eigenvalue weighted by Crippen LogP contribution is 2.38. The van der Waals surface area contributed by atoms with Crippen molar-refractivity contribution >= 4 is 75.9 Å². The highest BCUT2D eigenvalue weighted by atomic mass is 35.5. The minimum absolute atomic E-state index is 0.00953. The Labute approximate surface area is 447 Å². The minimum Gasteiger partial charge on any atom is -0.391 e. The minimum atomic E-state index is -1.02. The summed E-state index contributed by atoms with van der Waals surface area (Å²) >= 11 is 9.89. The third-order valence-corrected chi connectivity index (χ3v) is 17.6. The number of benzene rings is 1. The first-order valence-electron chi connectivity index (χ1n) is 25.8. The zero-order chi connectivity index (χ0) is 52.9. The summed E-state index contributed by atoms with van der Waals surface area (Å²) in [7, 11) is 0. The van der Waals surface area contributed by atoms with Gasteiger partial charge in [0.25, 0.3) is 0 Å². The molecule has 3 aromatic heterocycles. The van der Waals surface area contributed by atoms with E-state index in [9.17, 15) is 29.1 Å². The number of pyridine rings is 1. The fourth-order valence-corrected chi connectivity index (χ4v) is 12.2. The van der Waals surface area contributed by atoms with E-state index in [4.69, 9.17) is 22.3 Å². The maximum atomic E-state index is 14.3. The van der Waals surface area contributed by atoms with Gasteiger partial charge in [-0.3, -0.25) is 24.0 Å². The van der Waals surface area contributed by atoms with Crippen LogP contribution in [0.5, 0.6) is 0 Å². The molecule has 4 atom stereocenters. The number of anilines is 2. The van der Waals surface area contributed by atoms with Gasteiger partial charge in [-0.1, -0.05) is 75.3 Å². The molecular formula is C53H71ClN12O6S2. The van der Waals surface area contributed by atoms with E-state index in [2.05, 4.69) is 42.7 Å². The van der Waals surface area contributed by atoms with E-state index < -0.39 is 41.5 Å². The molecule has 0 aliphatic carbocycles. The Hall–Kier alpha value is -5.41. The molecule has 18 nitrogen and oxygen atoms in total. The summed E-state index contributed by atoms with van der Waals surface area (Å²) in [6.07, 6.45) is 8.87. The van der Waals surface area contributed by atoms with Crippen LogP contribution in [-0.2, 0) is 24.0 Å². The number of carbonyl (C=O) groups is 5. The van der Waals surface area contributed by atoms with Crippen LogP contribution in [0.4, 0.5) is 11.6 Å². The molecule has 4 aromatic rings. The number of amides is 5. The predicted octanol–water partition coefficient (Wildman–Crippen LogP) is 6.08. The van der Waals surface area contributed by atoms with Crippen molar-refractivity contribution in [2.45, 2.75) is 133 Å². The van der Waals surface area contributed by atoms with E-state index in [0.29, 0.717) is 62.0 Å². The molecule has 4 saturated heterocycles. The Bertz CT molecular complexity index is 2630. The zero-order valence-electron chi connectivity index (χ0n) is 43.3. The number of aryl methyl sites for hydroxylation is 1.